The molecule has 0 saturated heterocycles. The fourth-order valence-corrected chi connectivity index (χ4v) is 1.94. The number of aromatic nitrogens is 2. The number of hydrogen-bond donors (Lipinski definition) is 2. The van der Waals surface area contributed by atoms with E-state index >= 15 is 0 Å². The molecule has 0 saturated carbocycles. The van der Waals surface area contributed by atoms with Crippen LogP contribution in [0.3, 0.4) is 0 Å². The summed E-state index contributed by atoms with van der Waals surface area (Å²) in [4.78, 5) is 6.93. The summed E-state index contributed by atoms with van der Waals surface area (Å²) in [6.07, 6.45) is 3.39. The lowest BCUT2D eigenvalue weighted by Gasteiger charge is -2.15. The van der Waals surface area contributed by atoms with Crippen molar-refractivity contribution < 1.29 is 4.39 Å². The Morgan fingerprint density at radius 2 is 2.35 bits per heavy atom. The van der Waals surface area contributed by atoms with Crippen LogP contribution in [-0.4, -0.2) is 9.97 Å². The molecular weight excluding hydrogens is 241 g/mol. The second kappa shape index (κ2) is 5.29. The standard InChI is InChI=1S/C12H13ClFN3/c1-8(16-6-10-5-15-7-17-10)11-3-2-9(14)4-12(11)13/h2-5,7-8,16H,6H2,1H3,(H,15,17). The second-order valence-electron chi connectivity index (χ2n) is 3.85. The summed E-state index contributed by atoms with van der Waals surface area (Å²) >= 11 is 5.98. The first-order valence-corrected chi connectivity index (χ1v) is 5.70. The number of aromatic amines is 1. The van der Waals surface area contributed by atoms with Gasteiger partial charge in [0.25, 0.3) is 0 Å². The van der Waals surface area contributed by atoms with Gasteiger partial charge in [0, 0.05) is 29.5 Å². The molecule has 1 aromatic heterocycles. The summed E-state index contributed by atoms with van der Waals surface area (Å²) in [5, 5.41) is 3.72. The Labute approximate surface area is 104 Å². The third-order valence-electron chi connectivity index (χ3n) is 2.58. The van der Waals surface area contributed by atoms with Gasteiger partial charge in [-0.15, -0.1) is 0 Å². The van der Waals surface area contributed by atoms with Gasteiger partial charge in [-0.2, -0.15) is 0 Å². The van der Waals surface area contributed by atoms with Crippen LogP contribution in [0.25, 0.3) is 0 Å². The Hall–Kier alpha value is -1.39. The molecule has 3 nitrogen and oxygen atoms in total. The first-order chi connectivity index (χ1) is 8.16. The number of nitrogens with zero attached hydrogens (tertiary/aromatic N) is 1. The number of H-pyrrole nitrogens is 1. The van der Waals surface area contributed by atoms with E-state index in [1.807, 2.05) is 6.92 Å². The van der Waals surface area contributed by atoms with E-state index in [9.17, 15) is 4.39 Å². The monoisotopic (exact) mass is 253 g/mol. The van der Waals surface area contributed by atoms with E-state index in [1.54, 1.807) is 18.6 Å². The van der Waals surface area contributed by atoms with Crippen molar-refractivity contribution in [3.8, 4) is 0 Å². The van der Waals surface area contributed by atoms with Gasteiger partial charge in [0.1, 0.15) is 5.82 Å². The van der Waals surface area contributed by atoms with Gasteiger partial charge in [-0.1, -0.05) is 17.7 Å². The lowest BCUT2D eigenvalue weighted by Crippen LogP contribution is -2.18. The first-order valence-electron chi connectivity index (χ1n) is 5.32. The number of hydrogen-bond acceptors (Lipinski definition) is 2. The van der Waals surface area contributed by atoms with Crippen molar-refractivity contribution in [3.05, 3.63) is 52.8 Å². The molecule has 2 N–H and O–H groups in total. The van der Waals surface area contributed by atoms with Crippen molar-refractivity contribution in [1.82, 2.24) is 15.3 Å². The summed E-state index contributed by atoms with van der Waals surface area (Å²) in [5.41, 5.74) is 1.88. The molecule has 1 unspecified atom stereocenters. The Kier molecular flexibility index (Phi) is 3.76. The minimum atomic E-state index is -0.320. The third kappa shape index (κ3) is 3.05. The van der Waals surface area contributed by atoms with Crippen molar-refractivity contribution in [2.75, 3.05) is 0 Å². The fraction of sp³-hybridized carbons (Fsp3) is 0.250. The summed E-state index contributed by atoms with van der Waals surface area (Å²) in [5.74, 6) is -0.320. The summed E-state index contributed by atoms with van der Waals surface area (Å²) < 4.78 is 12.9. The highest BCUT2D eigenvalue weighted by molar-refractivity contribution is 6.31. The molecule has 2 aromatic rings. The average Bonchev–Trinajstić information content (AvgIpc) is 2.78. The van der Waals surface area contributed by atoms with Crippen LogP contribution in [0.1, 0.15) is 24.2 Å². The summed E-state index contributed by atoms with van der Waals surface area (Å²) in [6, 6.07) is 4.48. The molecule has 0 spiro atoms. The van der Waals surface area contributed by atoms with Gasteiger partial charge in [0.05, 0.1) is 6.33 Å². The maximum absolute atomic E-state index is 12.9. The molecule has 0 aliphatic carbocycles. The molecule has 0 bridgehead atoms. The largest absolute Gasteiger partial charge is 0.347 e. The Morgan fingerprint density at radius 1 is 1.53 bits per heavy atom. The van der Waals surface area contributed by atoms with E-state index < -0.39 is 0 Å². The predicted octanol–water partition coefficient (Wildman–Crippen LogP) is 3.05. The molecule has 0 fully saturated rings. The molecule has 1 heterocycles. The SMILES string of the molecule is CC(NCc1cnc[nH]1)c1ccc(F)cc1Cl. The zero-order valence-corrected chi connectivity index (χ0v) is 10.1. The Bertz CT molecular complexity index is 485. The van der Waals surface area contributed by atoms with Crippen LogP contribution in [0.5, 0.6) is 0 Å². The van der Waals surface area contributed by atoms with E-state index in [0.717, 1.165) is 11.3 Å². The van der Waals surface area contributed by atoms with Crippen molar-refractivity contribution in [1.29, 1.82) is 0 Å². The third-order valence-corrected chi connectivity index (χ3v) is 2.91. The molecule has 0 amide bonds. The van der Waals surface area contributed by atoms with Crippen molar-refractivity contribution in [2.24, 2.45) is 0 Å². The van der Waals surface area contributed by atoms with Crippen molar-refractivity contribution in [2.45, 2.75) is 19.5 Å². The maximum atomic E-state index is 12.9. The molecule has 1 atom stereocenters. The normalized spacial score (nSPS) is 12.6. The van der Waals surface area contributed by atoms with Gasteiger partial charge in [0.2, 0.25) is 0 Å². The summed E-state index contributed by atoms with van der Waals surface area (Å²) in [7, 11) is 0. The molecule has 2 rings (SSSR count). The fourth-order valence-electron chi connectivity index (χ4n) is 1.61. The van der Waals surface area contributed by atoms with Gasteiger partial charge in [-0.25, -0.2) is 9.37 Å². The molecule has 0 aliphatic heterocycles. The Morgan fingerprint density at radius 3 is 3.00 bits per heavy atom. The van der Waals surface area contributed by atoms with Crippen molar-refractivity contribution >= 4 is 11.6 Å². The van der Waals surface area contributed by atoms with Crippen LogP contribution < -0.4 is 5.32 Å². The number of rotatable bonds is 4. The van der Waals surface area contributed by atoms with Crippen LogP contribution in [0.4, 0.5) is 4.39 Å². The number of benzene rings is 1. The molecule has 0 radical (unpaired) electrons. The van der Waals surface area contributed by atoms with Crippen LogP contribution in [0.15, 0.2) is 30.7 Å². The highest BCUT2D eigenvalue weighted by atomic mass is 35.5. The minimum Gasteiger partial charge on any atom is -0.347 e. The number of halogens is 2. The van der Waals surface area contributed by atoms with E-state index in [2.05, 4.69) is 15.3 Å². The predicted molar refractivity (Wildman–Crippen MR) is 65.3 cm³/mol. The van der Waals surface area contributed by atoms with E-state index in [1.165, 1.54) is 12.1 Å². The lowest BCUT2D eigenvalue weighted by molar-refractivity contribution is 0.566. The molecule has 1 aromatic carbocycles. The average molecular weight is 254 g/mol. The van der Waals surface area contributed by atoms with E-state index in [-0.39, 0.29) is 11.9 Å². The minimum absolute atomic E-state index is 0.0476. The Balaban J connectivity index is 2.01. The molecule has 90 valence electrons. The highest BCUT2D eigenvalue weighted by Crippen LogP contribution is 2.23. The molecular formula is C12H13ClFN3. The van der Waals surface area contributed by atoms with Crippen LogP contribution in [-0.2, 0) is 6.54 Å². The quantitative estimate of drug-likeness (QED) is 0.879. The van der Waals surface area contributed by atoms with Gasteiger partial charge >= 0.3 is 0 Å². The maximum Gasteiger partial charge on any atom is 0.124 e. The van der Waals surface area contributed by atoms with Crippen LogP contribution in [0.2, 0.25) is 5.02 Å². The van der Waals surface area contributed by atoms with Crippen LogP contribution in [0, 0.1) is 5.82 Å². The molecule has 5 heteroatoms. The molecule has 17 heavy (non-hydrogen) atoms. The molecule has 0 aliphatic rings. The number of nitrogens with one attached hydrogen (secondary N) is 2. The topological polar surface area (TPSA) is 40.7 Å². The van der Waals surface area contributed by atoms with E-state index in [0.29, 0.717) is 11.6 Å². The summed E-state index contributed by atoms with van der Waals surface area (Å²) in [6.45, 7) is 2.64. The lowest BCUT2D eigenvalue weighted by atomic mass is 10.1. The highest BCUT2D eigenvalue weighted by Gasteiger charge is 2.10. The second-order valence-corrected chi connectivity index (χ2v) is 4.25. The number of imidazole rings is 1. The van der Waals surface area contributed by atoms with Gasteiger partial charge < -0.3 is 10.3 Å². The van der Waals surface area contributed by atoms with Crippen LogP contribution >= 0.6 is 11.6 Å². The van der Waals surface area contributed by atoms with Gasteiger partial charge in [-0.05, 0) is 24.6 Å². The van der Waals surface area contributed by atoms with E-state index in [4.69, 9.17) is 11.6 Å². The zero-order valence-electron chi connectivity index (χ0n) is 9.37. The smallest absolute Gasteiger partial charge is 0.124 e. The zero-order chi connectivity index (χ0) is 12.3. The first kappa shape index (κ1) is 12.1. The van der Waals surface area contributed by atoms with Crippen molar-refractivity contribution in [3.63, 3.8) is 0 Å². The van der Waals surface area contributed by atoms with Gasteiger partial charge in [0.15, 0.2) is 0 Å². The van der Waals surface area contributed by atoms with Gasteiger partial charge in [-0.3, -0.25) is 0 Å².